The van der Waals surface area contributed by atoms with E-state index in [1.165, 1.54) is 12.8 Å². The van der Waals surface area contributed by atoms with E-state index in [4.69, 9.17) is 4.74 Å². The minimum absolute atomic E-state index is 0.0671. The highest BCUT2D eigenvalue weighted by Crippen LogP contribution is 2.09. The van der Waals surface area contributed by atoms with Crippen molar-refractivity contribution in [3.05, 3.63) is 0 Å². The zero-order valence-electron chi connectivity index (χ0n) is 9.09. The maximum Gasteiger partial charge on any atom is 0.0540 e. The van der Waals surface area contributed by atoms with Crippen LogP contribution in [-0.2, 0) is 4.74 Å². The molecule has 0 bridgehead atoms. The average molecular weight is 188 g/mol. The minimum atomic E-state index is -0.0671. The molecule has 0 aromatic heterocycles. The number of ether oxygens (including phenoxy) is 1. The molecule has 2 nitrogen and oxygen atoms in total. The number of hydrogen-bond acceptors (Lipinski definition) is 2. The molecule has 0 radical (unpaired) electrons. The predicted molar refractivity (Wildman–Crippen MR) is 55.9 cm³/mol. The summed E-state index contributed by atoms with van der Waals surface area (Å²) in [6, 6.07) is 0. The van der Waals surface area contributed by atoms with Crippen LogP contribution < -0.4 is 0 Å². The van der Waals surface area contributed by atoms with Gasteiger partial charge in [-0.3, -0.25) is 0 Å². The Kier molecular flexibility index (Phi) is 9.94. The third kappa shape index (κ3) is 9.84. The second-order valence-corrected chi connectivity index (χ2v) is 3.64. The van der Waals surface area contributed by atoms with Crippen LogP contribution in [0.15, 0.2) is 0 Å². The molecular formula is C11H24O2. The molecule has 0 aromatic rings. The lowest BCUT2D eigenvalue weighted by molar-refractivity contribution is 0.144. The molecule has 13 heavy (non-hydrogen) atoms. The molecule has 0 saturated heterocycles. The first-order chi connectivity index (χ1) is 6.31. The Morgan fingerprint density at radius 1 is 1.08 bits per heavy atom. The maximum atomic E-state index is 9.51. The summed E-state index contributed by atoms with van der Waals surface area (Å²) in [4.78, 5) is 0. The maximum absolute atomic E-state index is 9.51. The van der Waals surface area contributed by atoms with Crippen LogP contribution in [0.5, 0.6) is 0 Å². The molecule has 1 unspecified atom stereocenters. The van der Waals surface area contributed by atoms with Crippen LogP contribution in [0.4, 0.5) is 0 Å². The Hall–Kier alpha value is -0.0800. The first kappa shape index (κ1) is 12.9. The van der Waals surface area contributed by atoms with Gasteiger partial charge in [-0.15, -0.1) is 0 Å². The van der Waals surface area contributed by atoms with Gasteiger partial charge in [-0.2, -0.15) is 0 Å². The Labute approximate surface area is 82.3 Å². The van der Waals surface area contributed by atoms with Gasteiger partial charge in [-0.25, -0.2) is 0 Å². The van der Waals surface area contributed by atoms with Crippen molar-refractivity contribution in [2.45, 2.75) is 58.0 Å². The van der Waals surface area contributed by atoms with E-state index < -0.39 is 0 Å². The summed E-state index contributed by atoms with van der Waals surface area (Å²) in [7, 11) is 1.73. The number of aliphatic hydroxyl groups is 1. The van der Waals surface area contributed by atoms with Crippen LogP contribution in [0.25, 0.3) is 0 Å². The summed E-state index contributed by atoms with van der Waals surface area (Å²) < 4.78 is 4.95. The van der Waals surface area contributed by atoms with E-state index in [-0.39, 0.29) is 6.10 Å². The number of rotatable bonds is 9. The van der Waals surface area contributed by atoms with E-state index in [0.29, 0.717) is 0 Å². The van der Waals surface area contributed by atoms with Crippen molar-refractivity contribution in [1.29, 1.82) is 0 Å². The van der Waals surface area contributed by atoms with E-state index in [1.807, 2.05) is 0 Å². The van der Waals surface area contributed by atoms with Gasteiger partial charge in [0, 0.05) is 13.7 Å². The number of hydrogen-bond donors (Lipinski definition) is 1. The molecule has 0 aromatic carbocycles. The van der Waals surface area contributed by atoms with Gasteiger partial charge in [0.25, 0.3) is 0 Å². The van der Waals surface area contributed by atoms with Crippen molar-refractivity contribution in [3.63, 3.8) is 0 Å². The first-order valence-corrected chi connectivity index (χ1v) is 5.48. The Balaban J connectivity index is 3.03. The molecule has 1 atom stereocenters. The molecule has 0 spiro atoms. The fraction of sp³-hybridized carbons (Fsp3) is 1.00. The summed E-state index contributed by atoms with van der Waals surface area (Å²) in [6.07, 6.45) is 7.63. The molecule has 80 valence electrons. The van der Waals surface area contributed by atoms with Crippen LogP contribution in [0.3, 0.4) is 0 Å². The summed E-state index contributed by atoms with van der Waals surface area (Å²) in [5.74, 6) is 0. The monoisotopic (exact) mass is 188 g/mol. The van der Waals surface area contributed by atoms with Crippen LogP contribution >= 0.6 is 0 Å². The zero-order valence-corrected chi connectivity index (χ0v) is 9.09. The van der Waals surface area contributed by atoms with E-state index >= 15 is 0 Å². The van der Waals surface area contributed by atoms with Gasteiger partial charge < -0.3 is 9.84 Å². The Morgan fingerprint density at radius 2 is 1.77 bits per heavy atom. The molecule has 0 saturated carbocycles. The van der Waals surface area contributed by atoms with Gasteiger partial charge >= 0.3 is 0 Å². The van der Waals surface area contributed by atoms with Gasteiger partial charge in [-0.1, -0.05) is 32.6 Å². The van der Waals surface area contributed by atoms with Crippen molar-refractivity contribution in [2.75, 3.05) is 13.7 Å². The van der Waals surface area contributed by atoms with E-state index in [2.05, 4.69) is 6.92 Å². The summed E-state index contributed by atoms with van der Waals surface area (Å²) >= 11 is 0. The van der Waals surface area contributed by atoms with Crippen molar-refractivity contribution in [2.24, 2.45) is 0 Å². The lowest BCUT2D eigenvalue weighted by atomic mass is 10.1. The SMILES string of the molecule is CCCCC(O)CCCCCOC. The lowest BCUT2D eigenvalue weighted by Crippen LogP contribution is -2.05. The van der Waals surface area contributed by atoms with Gasteiger partial charge in [-0.05, 0) is 19.3 Å². The molecule has 0 aliphatic heterocycles. The zero-order chi connectivity index (χ0) is 9.94. The molecule has 1 N–H and O–H groups in total. The van der Waals surface area contributed by atoms with Gasteiger partial charge in [0.2, 0.25) is 0 Å². The van der Waals surface area contributed by atoms with Crippen molar-refractivity contribution >= 4 is 0 Å². The average Bonchev–Trinajstić information content (AvgIpc) is 2.14. The minimum Gasteiger partial charge on any atom is -0.393 e. The number of aliphatic hydroxyl groups excluding tert-OH is 1. The molecule has 0 rings (SSSR count). The Morgan fingerprint density at radius 3 is 2.38 bits per heavy atom. The fourth-order valence-corrected chi connectivity index (χ4v) is 1.39. The molecule has 0 aliphatic carbocycles. The van der Waals surface area contributed by atoms with Crippen LogP contribution in [0, 0.1) is 0 Å². The highest BCUT2D eigenvalue weighted by atomic mass is 16.5. The molecular weight excluding hydrogens is 164 g/mol. The fourth-order valence-electron chi connectivity index (χ4n) is 1.39. The smallest absolute Gasteiger partial charge is 0.0540 e. The number of methoxy groups -OCH3 is 1. The topological polar surface area (TPSA) is 29.5 Å². The second-order valence-electron chi connectivity index (χ2n) is 3.64. The highest BCUT2D eigenvalue weighted by molar-refractivity contribution is 4.55. The van der Waals surface area contributed by atoms with Crippen LogP contribution in [-0.4, -0.2) is 24.9 Å². The van der Waals surface area contributed by atoms with E-state index in [1.54, 1.807) is 7.11 Å². The molecule has 0 amide bonds. The quantitative estimate of drug-likeness (QED) is 0.564. The molecule has 0 heterocycles. The predicted octanol–water partition coefficient (Wildman–Crippen LogP) is 2.74. The number of unbranched alkanes of at least 4 members (excludes halogenated alkanes) is 3. The molecule has 0 aliphatic rings. The highest BCUT2D eigenvalue weighted by Gasteiger charge is 2.02. The van der Waals surface area contributed by atoms with Crippen molar-refractivity contribution in [1.82, 2.24) is 0 Å². The van der Waals surface area contributed by atoms with Gasteiger partial charge in [0.1, 0.15) is 0 Å². The second kappa shape index (κ2) is 10.0. The summed E-state index contributed by atoms with van der Waals surface area (Å²) in [5, 5.41) is 9.51. The largest absolute Gasteiger partial charge is 0.393 e. The first-order valence-electron chi connectivity index (χ1n) is 5.48. The van der Waals surface area contributed by atoms with Crippen molar-refractivity contribution in [3.8, 4) is 0 Å². The van der Waals surface area contributed by atoms with Crippen molar-refractivity contribution < 1.29 is 9.84 Å². The summed E-state index contributed by atoms with van der Waals surface area (Å²) in [6.45, 7) is 3.01. The lowest BCUT2D eigenvalue weighted by Gasteiger charge is -2.08. The van der Waals surface area contributed by atoms with Gasteiger partial charge in [0.05, 0.1) is 6.10 Å². The van der Waals surface area contributed by atoms with E-state index in [9.17, 15) is 5.11 Å². The molecule has 2 heteroatoms. The normalized spacial score (nSPS) is 13.2. The van der Waals surface area contributed by atoms with Gasteiger partial charge in [0.15, 0.2) is 0 Å². The van der Waals surface area contributed by atoms with Crippen LogP contribution in [0.1, 0.15) is 51.9 Å². The third-order valence-corrected chi connectivity index (χ3v) is 2.28. The summed E-state index contributed by atoms with van der Waals surface area (Å²) in [5.41, 5.74) is 0. The molecule has 0 fully saturated rings. The Bertz CT molecular complexity index is 94.1. The standard InChI is InChI=1S/C11H24O2/c1-3-4-8-11(12)9-6-5-7-10-13-2/h11-12H,3-10H2,1-2H3. The van der Waals surface area contributed by atoms with Crippen LogP contribution in [0.2, 0.25) is 0 Å². The third-order valence-electron chi connectivity index (χ3n) is 2.28. The van der Waals surface area contributed by atoms with E-state index in [0.717, 1.165) is 38.7 Å².